The third kappa shape index (κ3) is 11.3. The van der Waals surface area contributed by atoms with Gasteiger partial charge in [-0.15, -0.1) is 0 Å². The summed E-state index contributed by atoms with van der Waals surface area (Å²) in [5, 5.41) is 48.7. The van der Waals surface area contributed by atoms with E-state index in [4.69, 9.17) is 28.4 Å². The van der Waals surface area contributed by atoms with Crippen LogP contribution in [0.5, 0.6) is 17.5 Å². The van der Waals surface area contributed by atoms with Crippen LogP contribution in [-0.2, 0) is 48.2 Å². The molecule has 1 aliphatic carbocycles. The van der Waals surface area contributed by atoms with Crippen LogP contribution in [-0.4, -0.2) is 145 Å². The minimum atomic E-state index is -2.13. The molecule has 1 amide bonds. The maximum absolute atomic E-state index is 15.3. The highest BCUT2D eigenvalue weighted by atomic mass is 16.7. The van der Waals surface area contributed by atoms with E-state index >= 15 is 4.79 Å². The fraction of sp³-hybridized carbons (Fsp3) is 0.491. The van der Waals surface area contributed by atoms with Crippen LogP contribution in [0.15, 0.2) is 78.0 Å². The van der Waals surface area contributed by atoms with Gasteiger partial charge < -0.3 is 64.1 Å². The predicted octanol–water partition coefficient (Wildman–Crippen LogP) is 4.86. The van der Waals surface area contributed by atoms with E-state index in [1.165, 1.54) is 59.4 Å². The first-order chi connectivity index (χ1) is 36.5. The number of phenolic OH excluding ortho intramolecular Hbond substituents is 1. The summed E-state index contributed by atoms with van der Waals surface area (Å²) in [6.45, 7) is 15.0. The number of methoxy groups -OCH3 is 1. The molecule has 1 saturated heterocycles. The molecule has 6 heterocycles. The summed E-state index contributed by atoms with van der Waals surface area (Å²) in [5.41, 5.74) is 0.287. The maximum Gasteiger partial charge on any atom is 0.414 e. The highest BCUT2D eigenvalue weighted by molar-refractivity contribution is 6.32. The number of aromatic hydroxyl groups is 1. The summed E-state index contributed by atoms with van der Waals surface area (Å²) in [5.74, 6) is -9.72. The second-order valence-corrected chi connectivity index (χ2v) is 20.6. The van der Waals surface area contributed by atoms with Gasteiger partial charge in [-0.2, -0.15) is 0 Å². The molecule has 1 aromatic heterocycles. The molecule has 77 heavy (non-hydrogen) atoms. The summed E-state index contributed by atoms with van der Waals surface area (Å²) in [4.78, 5) is 89.8. The number of hydrogen-bond acceptors (Lipinski definition) is 19. The third-order valence-corrected chi connectivity index (χ3v) is 15.2. The smallest absolute Gasteiger partial charge is 0.414 e. The molecular weight excluding hydrogens is 1000 g/mol. The molecule has 1 fully saturated rings. The molecule has 22 heteroatoms. The normalized spacial score (nSPS) is 28.3. The zero-order chi connectivity index (χ0) is 55.8. The number of nitrogens with zero attached hydrogens (tertiary/aromatic N) is 5. The number of aliphatic hydroxyl groups is 2. The molecule has 3 aromatic rings. The Bertz CT molecular complexity index is 2960. The minimum Gasteiger partial charge on any atom is -0.507 e. The number of aromatic nitrogens is 2. The second-order valence-electron chi connectivity index (χ2n) is 20.6. The van der Waals surface area contributed by atoms with Gasteiger partial charge in [0.2, 0.25) is 11.6 Å². The van der Waals surface area contributed by atoms with Crippen molar-refractivity contribution in [1.82, 2.24) is 24.7 Å². The maximum atomic E-state index is 15.3. The first-order valence-electron chi connectivity index (χ1n) is 25.6. The molecule has 5 bridgehead atoms. The average molecular weight is 1070 g/mol. The van der Waals surface area contributed by atoms with Crippen LogP contribution in [0.2, 0.25) is 0 Å². The Morgan fingerprint density at radius 1 is 0.935 bits per heavy atom. The molecule has 0 radical (unpaired) electrons. The van der Waals surface area contributed by atoms with Crippen molar-refractivity contribution < 1.29 is 72.6 Å². The van der Waals surface area contributed by atoms with E-state index in [-0.39, 0.29) is 78.1 Å². The van der Waals surface area contributed by atoms with Gasteiger partial charge in [0.25, 0.3) is 11.7 Å². The Kier molecular flexibility index (Phi) is 16.6. The van der Waals surface area contributed by atoms with E-state index in [2.05, 4.69) is 15.2 Å². The van der Waals surface area contributed by atoms with Gasteiger partial charge in [-0.3, -0.25) is 33.4 Å². The number of amides is 1. The lowest BCUT2D eigenvalue weighted by Crippen LogP contribution is -2.49. The van der Waals surface area contributed by atoms with E-state index in [1.54, 1.807) is 49.3 Å². The van der Waals surface area contributed by atoms with E-state index in [1.807, 2.05) is 24.3 Å². The Labute approximate surface area is 445 Å². The number of phenols is 1. The number of imidazole rings is 1. The molecule has 0 saturated carbocycles. The number of Topliss-reactive ketones (excluding diaryl/α,β-unsaturated/α-hetero) is 3. The van der Waals surface area contributed by atoms with Gasteiger partial charge in [0.15, 0.2) is 0 Å². The Morgan fingerprint density at radius 3 is 2.29 bits per heavy atom. The number of hydrogen-bond donors (Lipinski definition) is 4. The predicted molar refractivity (Wildman–Crippen MR) is 274 cm³/mol. The van der Waals surface area contributed by atoms with Crippen LogP contribution in [0, 0.1) is 40.7 Å². The summed E-state index contributed by atoms with van der Waals surface area (Å²) >= 11 is 0. The van der Waals surface area contributed by atoms with Gasteiger partial charge in [-0.05, 0) is 36.0 Å². The van der Waals surface area contributed by atoms with Gasteiger partial charge in [0, 0.05) is 93.5 Å². The zero-order valence-electron chi connectivity index (χ0n) is 44.5. The molecule has 6 aliphatic rings. The lowest BCUT2D eigenvalue weighted by atomic mass is 9.78. The monoisotopic (exact) mass is 1070 g/mol. The van der Waals surface area contributed by atoms with Crippen molar-refractivity contribution in [3.8, 4) is 17.5 Å². The fourth-order valence-electron chi connectivity index (χ4n) is 10.6. The lowest BCUT2D eigenvalue weighted by molar-refractivity contribution is -0.389. The van der Waals surface area contributed by atoms with E-state index in [0.717, 1.165) is 11.1 Å². The van der Waals surface area contributed by atoms with Gasteiger partial charge >= 0.3 is 23.6 Å². The number of ether oxygens (including phenoxy) is 6. The van der Waals surface area contributed by atoms with Gasteiger partial charge in [-0.1, -0.05) is 70.2 Å². The largest absolute Gasteiger partial charge is 0.507 e. The number of rotatable bonds is 9. The molecule has 412 valence electrons. The van der Waals surface area contributed by atoms with Crippen LogP contribution in [0.4, 0.5) is 5.82 Å². The highest BCUT2D eigenvalue weighted by Gasteiger charge is 2.53. The zero-order valence-corrected chi connectivity index (χ0v) is 44.5. The van der Waals surface area contributed by atoms with Gasteiger partial charge in [-0.25, -0.2) is 0 Å². The van der Waals surface area contributed by atoms with Crippen LogP contribution < -0.4 is 14.8 Å². The first-order valence-corrected chi connectivity index (χ1v) is 25.6. The number of aliphatic hydroxyl groups excluding tert-OH is 2. The van der Waals surface area contributed by atoms with E-state index in [9.17, 15) is 44.6 Å². The van der Waals surface area contributed by atoms with Crippen LogP contribution in [0.25, 0.3) is 0 Å². The number of nitro groups is 1. The number of allylic oxidation sites excluding steroid dienone is 4. The quantitative estimate of drug-likeness (QED) is 0.126. The van der Waals surface area contributed by atoms with E-state index in [0.29, 0.717) is 26.2 Å². The summed E-state index contributed by atoms with van der Waals surface area (Å²) in [6, 6.07) is 8.02. The van der Waals surface area contributed by atoms with Crippen LogP contribution >= 0.6 is 0 Å². The average Bonchev–Trinajstić information content (AvgIpc) is 4.23. The van der Waals surface area contributed by atoms with Crippen molar-refractivity contribution in [3.63, 3.8) is 0 Å². The third-order valence-electron chi connectivity index (χ3n) is 15.2. The number of ketones is 3. The number of nitrogens with one attached hydrogen (secondary N) is 1. The fourth-order valence-corrected chi connectivity index (χ4v) is 10.6. The Morgan fingerprint density at radius 2 is 1.62 bits per heavy atom. The topological polar surface area (TPSA) is 281 Å². The van der Waals surface area contributed by atoms with Crippen molar-refractivity contribution in [1.29, 1.82) is 0 Å². The highest BCUT2D eigenvalue weighted by Crippen LogP contribution is 2.49. The second kappa shape index (κ2) is 22.8. The number of carbonyl (C=O) groups is 5. The van der Waals surface area contributed by atoms with Crippen LogP contribution in [0.1, 0.15) is 96.2 Å². The lowest BCUT2D eigenvalue weighted by Gasteiger charge is -2.39. The molecular formula is C55H66N6O16. The van der Waals surface area contributed by atoms with Crippen molar-refractivity contribution >= 4 is 35.0 Å². The number of benzene rings is 2. The van der Waals surface area contributed by atoms with Crippen molar-refractivity contribution in [2.45, 2.75) is 111 Å². The molecule has 10 atom stereocenters. The molecule has 0 spiro atoms. The minimum absolute atomic E-state index is 0.0205. The molecule has 22 nitrogen and oxygen atoms in total. The van der Waals surface area contributed by atoms with Crippen molar-refractivity contribution in [2.75, 3.05) is 39.9 Å². The van der Waals surface area contributed by atoms with Crippen LogP contribution in [0.3, 0.4) is 0 Å². The molecule has 5 aliphatic heterocycles. The number of esters is 1. The molecule has 9 rings (SSSR count). The Hall–Kier alpha value is -7.24. The summed E-state index contributed by atoms with van der Waals surface area (Å²) in [6.07, 6.45) is 4.28. The molecule has 0 unspecified atom stereocenters. The number of piperazine rings is 1. The van der Waals surface area contributed by atoms with Crippen molar-refractivity contribution in [2.24, 2.45) is 23.7 Å². The number of carbonyl (C=O) groups excluding carboxylic acids is 5. The van der Waals surface area contributed by atoms with Crippen molar-refractivity contribution in [3.05, 3.63) is 121 Å². The van der Waals surface area contributed by atoms with Gasteiger partial charge in [0.1, 0.15) is 47.9 Å². The first kappa shape index (κ1) is 56.0. The standard InChI is InChI=1S/C55H66N6O16/c1-28-11-10-12-29(2)53(69)57-43-44(59-20-18-58(19-21-59)23-35-13-15-36(16-14-35)26-73-37-24-60-25-39(61(70)71)56-54(60)74-27-37)49(67)40-41(48(43)66)47(65)33(6)51-42(40)52(68)55(8,77-51)75-22-17-38(72-9)30(3)50(76-34(7)62)32(5)46(64)31(4)45(28)63/h10-17,22,25,28,30-32,37-38,45-46,50,63-65H,18-21,23-24,26-27H2,1-9H3,(H,57,69)/t28-,30+,31+,32+,37-,38-,45-,46+,50+,55-/m0/s1. The SMILES string of the molecule is CO[C@H]1C=CO[C@@]2(C)Oc3c(C)c(O)c4c(c3C2=O)C(=O)C(N2CCN(Cc3ccc(CO[C@@H]5COc6nc([N+](=O)[O-])cn6C5)cc3)CC2)=C(NC(=O)C(C)=CC=C[C@H](C)[C@H](O)[C@@H](C)[C@@H](O)[C@@H](C)[C@H](OC(C)=O)[C@@H]1C)C4=O. The van der Waals surface area contributed by atoms with Gasteiger partial charge in [0.05, 0.1) is 54.4 Å². The number of fused-ring (bicyclic) bond motifs is 15. The molecule has 2 aromatic carbocycles. The molecule has 4 N–H and O–H groups in total. The summed E-state index contributed by atoms with van der Waals surface area (Å²) < 4.78 is 37.0. The Balaban J connectivity index is 1.06. The van der Waals surface area contributed by atoms with E-state index < -0.39 is 105 Å². The summed E-state index contributed by atoms with van der Waals surface area (Å²) in [7, 11) is 1.42.